The number of carbonyl (C=O) groups is 2. The molecular formula is C22H30N2O3. The molecule has 1 atom stereocenters. The fourth-order valence-electron chi connectivity index (χ4n) is 4.55. The van der Waals surface area contributed by atoms with Crippen molar-refractivity contribution in [2.75, 3.05) is 32.8 Å². The zero-order chi connectivity index (χ0) is 18.7. The van der Waals surface area contributed by atoms with Crippen molar-refractivity contribution in [3.8, 4) is 0 Å². The monoisotopic (exact) mass is 370 g/mol. The lowest BCUT2D eigenvalue weighted by Crippen LogP contribution is -2.44. The van der Waals surface area contributed by atoms with Crippen molar-refractivity contribution in [1.29, 1.82) is 0 Å². The highest BCUT2D eigenvalue weighted by molar-refractivity contribution is 5.83. The van der Waals surface area contributed by atoms with E-state index in [2.05, 4.69) is 17.4 Å². The fraction of sp³-hybridized carbons (Fsp3) is 0.636. The summed E-state index contributed by atoms with van der Waals surface area (Å²) in [6, 6.07) is 10.1. The number of ether oxygens (including phenoxy) is 1. The van der Waals surface area contributed by atoms with E-state index in [1.54, 1.807) is 0 Å². The highest BCUT2D eigenvalue weighted by atomic mass is 16.5. The van der Waals surface area contributed by atoms with Gasteiger partial charge in [0.25, 0.3) is 0 Å². The number of nitrogens with zero attached hydrogens (tertiary/aromatic N) is 1. The average molecular weight is 370 g/mol. The zero-order valence-electron chi connectivity index (χ0n) is 16.0. The zero-order valence-corrected chi connectivity index (χ0v) is 16.0. The van der Waals surface area contributed by atoms with Crippen molar-refractivity contribution in [2.24, 2.45) is 17.3 Å². The van der Waals surface area contributed by atoms with Gasteiger partial charge in [0.15, 0.2) is 0 Å². The van der Waals surface area contributed by atoms with Gasteiger partial charge in [0.05, 0.1) is 5.92 Å². The lowest BCUT2D eigenvalue weighted by atomic mass is 9.71. The number of benzene rings is 1. The van der Waals surface area contributed by atoms with Gasteiger partial charge in [-0.1, -0.05) is 30.3 Å². The fourth-order valence-corrected chi connectivity index (χ4v) is 4.55. The molecule has 2 amide bonds. The topological polar surface area (TPSA) is 58.6 Å². The van der Waals surface area contributed by atoms with Crippen LogP contribution in [0.2, 0.25) is 0 Å². The van der Waals surface area contributed by atoms with Crippen molar-refractivity contribution in [3.05, 3.63) is 35.9 Å². The van der Waals surface area contributed by atoms with E-state index in [0.717, 1.165) is 25.8 Å². The number of carbonyl (C=O) groups excluding carboxylic acids is 2. The Morgan fingerprint density at radius 3 is 2.59 bits per heavy atom. The summed E-state index contributed by atoms with van der Waals surface area (Å²) in [6.45, 7) is 3.44. The maximum atomic E-state index is 12.9. The summed E-state index contributed by atoms with van der Waals surface area (Å²) < 4.78 is 5.56. The quantitative estimate of drug-likeness (QED) is 0.837. The first-order valence-corrected chi connectivity index (χ1v) is 10.3. The number of hydrogen-bond donors (Lipinski definition) is 1. The normalized spacial score (nSPS) is 24.1. The summed E-state index contributed by atoms with van der Waals surface area (Å²) in [7, 11) is 0. The maximum Gasteiger partial charge on any atom is 0.225 e. The van der Waals surface area contributed by atoms with Crippen LogP contribution >= 0.6 is 0 Å². The highest BCUT2D eigenvalue weighted by Gasteiger charge is 2.51. The molecule has 1 unspecified atom stereocenters. The number of nitrogens with one attached hydrogen (secondary N) is 1. The summed E-state index contributed by atoms with van der Waals surface area (Å²) >= 11 is 0. The molecule has 0 aromatic heterocycles. The summed E-state index contributed by atoms with van der Waals surface area (Å²) in [6.07, 6.45) is 5.47. The molecule has 1 aliphatic carbocycles. The van der Waals surface area contributed by atoms with Gasteiger partial charge < -0.3 is 15.0 Å². The van der Waals surface area contributed by atoms with Crippen molar-refractivity contribution < 1.29 is 14.3 Å². The summed E-state index contributed by atoms with van der Waals surface area (Å²) in [5, 5.41) is 3.16. The largest absolute Gasteiger partial charge is 0.381 e. The predicted octanol–water partition coefficient (Wildman–Crippen LogP) is 2.40. The lowest BCUT2D eigenvalue weighted by Gasteiger charge is -2.37. The Balaban J connectivity index is 1.39. The van der Waals surface area contributed by atoms with Crippen LogP contribution in [0.25, 0.3) is 0 Å². The van der Waals surface area contributed by atoms with Crippen LogP contribution in [0.5, 0.6) is 0 Å². The first-order chi connectivity index (χ1) is 13.2. The minimum absolute atomic E-state index is 0.0965. The second-order valence-electron chi connectivity index (χ2n) is 8.48. The predicted molar refractivity (Wildman–Crippen MR) is 103 cm³/mol. The third-order valence-electron chi connectivity index (χ3n) is 6.54. The van der Waals surface area contributed by atoms with Crippen LogP contribution in [0, 0.1) is 17.3 Å². The first kappa shape index (κ1) is 18.5. The molecule has 2 saturated heterocycles. The van der Waals surface area contributed by atoms with Gasteiger partial charge in [0.2, 0.25) is 11.8 Å². The van der Waals surface area contributed by atoms with Gasteiger partial charge in [-0.15, -0.1) is 0 Å². The second-order valence-corrected chi connectivity index (χ2v) is 8.48. The van der Waals surface area contributed by atoms with Gasteiger partial charge in [0, 0.05) is 44.7 Å². The number of hydrogen-bond acceptors (Lipinski definition) is 3. The Kier molecular flexibility index (Phi) is 5.48. The van der Waals surface area contributed by atoms with E-state index in [0.29, 0.717) is 38.6 Å². The van der Waals surface area contributed by atoms with Crippen LogP contribution in [-0.4, -0.2) is 49.6 Å². The Morgan fingerprint density at radius 2 is 1.89 bits per heavy atom. The van der Waals surface area contributed by atoms with E-state index in [1.807, 2.05) is 23.1 Å². The molecule has 3 aliphatic rings. The SMILES string of the molecule is O=C(NCC1CC1)C1CN(C(=O)CCc2ccccc2)CC12CCOCC2. The Bertz CT molecular complexity index is 665. The molecular weight excluding hydrogens is 340 g/mol. The van der Waals surface area contributed by atoms with Crippen LogP contribution < -0.4 is 5.32 Å². The molecule has 146 valence electrons. The molecule has 2 aliphatic heterocycles. The molecule has 5 heteroatoms. The molecule has 1 N–H and O–H groups in total. The van der Waals surface area contributed by atoms with E-state index in [-0.39, 0.29) is 23.1 Å². The van der Waals surface area contributed by atoms with Gasteiger partial charge in [-0.25, -0.2) is 0 Å². The smallest absolute Gasteiger partial charge is 0.225 e. The van der Waals surface area contributed by atoms with Crippen molar-refractivity contribution in [1.82, 2.24) is 10.2 Å². The van der Waals surface area contributed by atoms with E-state index in [1.165, 1.54) is 18.4 Å². The molecule has 27 heavy (non-hydrogen) atoms. The molecule has 3 fully saturated rings. The molecule has 1 saturated carbocycles. The van der Waals surface area contributed by atoms with Crippen molar-refractivity contribution in [3.63, 3.8) is 0 Å². The average Bonchev–Trinajstić information content (AvgIpc) is 3.47. The number of rotatable bonds is 6. The molecule has 1 aromatic carbocycles. The van der Waals surface area contributed by atoms with E-state index >= 15 is 0 Å². The van der Waals surface area contributed by atoms with E-state index < -0.39 is 0 Å². The van der Waals surface area contributed by atoms with Crippen LogP contribution in [0.15, 0.2) is 30.3 Å². The number of likely N-dealkylation sites (tertiary alicyclic amines) is 1. The molecule has 5 nitrogen and oxygen atoms in total. The standard InChI is InChI=1S/C22H30N2O3/c25-20(9-8-17-4-2-1-3-5-17)24-15-19(21(26)23-14-18-6-7-18)22(16-24)10-12-27-13-11-22/h1-5,18-19H,6-16H2,(H,23,26). The molecule has 1 spiro atoms. The van der Waals surface area contributed by atoms with Crippen LogP contribution in [0.1, 0.15) is 37.7 Å². The third kappa shape index (κ3) is 4.34. The van der Waals surface area contributed by atoms with E-state index in [4.69, 9.17) is 4.74 Å². The van der Waals surface area contributed by atoms with Gasteiger partial charge >= 0.3 is 0 Å². The molecule has 0 radical (unpaired) electrons. The molecule has 2 heterocycles. The minimum Gasteiger partial charge on any atom is -0.381 e. The molecule has 4 rings (SSSR count). The molecule has 1 aromatic rings. The van der Waals surface area contributed by atoms with E-state index in [9.17, 15) is 9.59 Å². The van der Waals surface area contributed by atoms with Crippen LogP contribution in [-0.2, 0) is 20.7 Å². The van der Waals surface area contributed by atoms with Crippen molar-refractivity contribution in [2.45, 2.75) is 38.5 Å². The minimum atomic E-state index is -0.103. The summed E-state index contributed by atoms with van der Waals surface area (Å²) in [5.41, 5.74) is 1.08. The Hall–Kier alpha value is -1.88. The van der Waals surface area contributed by atoms with Gasteiger partial charge in [-0.2, -0.15) is 0 Å². The van der Waals surface area contributed by atoms with Gasteiger partial charge in [-0.05, 0) is 43.6 Å². The Labute approximate surface area is 161 Å². The van der Waals surface area contributed by atoms with Crippen LogP contribution in [0.3, 0.4) is 0 Å². The molecule has 0 bridgehead atoms. The van der Waals surface area contributed by atoms with Gasteiger partial charge in [-0.3, -0.25) is 9.59 Å². The number of aryl methyl sites for hydroxylation is 1. The van der Waals surface area contributed by atoms with Crippen LogP contribution in [0.4, 0.5) is 0 Å². The highest BCUT2D eigenvalue weighted by Crippen LogP contribution is 2.44. The summed E-state index contributed by atoms with van der Waals surface area (Å²) in [5.74, 6) is 0.884. The second kappa shape index (κ2) is 8.01. The third-order valence-corrected chi connectivity index (χ3v) is 6.54. The maximum absolute atomic E-state index is 12.9. The summed E-state index contributed by atoms with van der Waals surface area (Å²) in [4.78, 5) is 27.7. The number of amides is 2. The first-order valence-electron chi connectivity index (χ1n) is 10.3. The lowest BCUT2D eigenvalue weighted by molar-refractivity contribution is -0.130. The van der Waals surface area contributed by atoms with Gasteiger partial charge in [0.1, 0.15) is 0 Å². The van der Waals surface area contributed by atoms with Crippen molar-refractivity contribution >= 4 is 11.8 Å². The Morgan fingerprint density at radius 1 is 1.15 bits per heavy atom.